The molecule has 1 nitrogen and oxygen atoms in total. The summed E-state index contributed by atoms with van der Waals surface area (Å²) in [5.41, 5.74) is 0. The van der Waals surface area contributed by atoms with Crippen molar-refractivity contribution in [2.75, 3.05) is 19.6 Å². The summed E-state index contributed by atoms with van der Waals surface area (Å²) in [7, 11) is 0. The van der Waals surface area contributed by atoms with E-state index in [0.717, 1.165) is 19.6 Å². The summed E-state index contributed by atoms with van der Waals surface area (Å²) in [6, 6.07) is 0. The van der Waals surface area contributed by atoms with Crippen LogP contribution in [-0.4, -0.2) is 24.5 Å². The van der Waals surface area contributed by atoms with E-state index in [9.17, 15) is 0 Å². The third-order valence-electron chi connectivity index (χ3n) is 1.53. The van der Waals surface area contributed by atoms with Gasteiger partial charge in [-0.3, -0.25) is 0 Å². The average molecular weight is 139 g/mol. The predicted molar refractivity (Wildman–Crippen MR) is 47.1 cm³/mol. The third kappa shape index (κ3) is 4.33. The Kier molecular flexibility index (Phi) is 6.19. The van der Waals surface area contributed by atoms with Crippen molar-refractivity contribution < 1.29 is 0 Å². The maximum atomic E-state index is 3.60. The number of hydrogen-bond acceptors (Lipinski definition) is 1. The van der Waals surface area contributed by atoms with E-state index in [1.54, 1.807) is 0 Å². The fourth-order valence-electron chi connectivity index (χ4n) is 0.788. The summed E-state index contributed by atoms with van der Waals surface area (Å²) >= 11 is 0. The molecule has 0 heterocycles. The molecule has 0 spiro atoms. The molecular formula is C9H17N. The van der Waals surface area contributed by atoms with Crippen LogP contribution in [0.3, 0.4) is 0 Å². The fourth-order valence-corrected chi connectivity index (χ4v) is 0.788. The second-order valence-corrected chi connectivity index (χ2v) is 2.15. The van der Waals surface area contributed by atoms with Crippen LogP contribution in [0.4, 0.5) is 0 Å². The van der Waals surface area contributed by atoms with Crippen LogP contribution in [0, 0.1) is 0 Å². The van der Waals surface area contributed by atoms with E-state index < -0.39 is 0 Å². The molecule has 0 aliphatic carbocycles. The Morgan fingerprint density at radius 2 is 1.90 bits per heavy atom. The Morgan fingerprint density at radius 3 is 2.30 bits per heavy atom. The van der Waals surface area contributed by atoms with Gasteiger partial charge in [-0.25, -0.2) is 0 Å². The molecule has 0 fully saturated rings. The van der Waals surface area contributed by atoms with E-state index >= 15 is 0 Å². The summed E-state index contributed by atoms with van der Waals surface area (Å²) < 4.78 is 0. The van der Waals surface area contributed by atoms with Crippen molar-refractivity contribution in [2.24, 2.45) is 0 Å². The molecule has 1 heteroatoms. The topological polar surface area (TPSA) is 3.24 Å². The first kappa shape index (κ1) is 9.44. The van der Waals surface area contributed by atoms with Crippen molar-refractivity contribution in [3.05, 3.63) is 24.8 Å². The minimum absolute atomic E-state index is 1.04. The fraction of sp³-hybridized carbons (Fsp3) is 0.556. The first-order valence-electron chi connectivity index (χ1n) is 3.85. The monoisotopic (exact) mass is 139 g/mol. The van der Waals surface area contributed by atoms with Gasteiger partial charge in [0.1, 0.15) is 0 Å². The van der Waals surface area contributed by atoms with Crippen LogP contribution in [0.5, 0.6) is 0 Å². The van der Waals surface area contributed by atoms with Gasteiger partial charge >= 0.3 is 0 Å². The number of hydrogen-bond donors (Lipinski definition) is 0. The van der Waals surface area contributed by atoms with E-state index in [4.69, 9.17) is 0 Å². The van der Waals surface area contributed by atoms with Gasteiger partial charge in [-0.05, 0) is 13.1 Å². The molecule has 0 amide bonds. The highest BCUT2D eigenvalue weighted by Gasteiger charge is 1.91. The Bertz CT molecular complexity index is 101. The molecule has 0 aliphatic rings. The second-order valence-electron chi connectivity index (χ2n) is 2.15. The number of likely N-dealkylation sites (N-methyl/N-ethyl adjacent to an activating group) is 1. The van der Waals surface area contributed by atoms with Crippen molar-refractivity contribution >= 4 is 0 Å². The minimum Gasteiger partial charge on any atom is -0.300 e. The lowest BCUT2D eigenvalue weighted by Crippen LogP contribution is -2.22. The molecule has 0 saturated heterocycles. The smallest absolute Gasteiger partial charge is 0.0166 e. The SMILES string of the molecule is C=C/C=C/CN(CC)CC. The van der Waals surface area contributed by atoms with Gasteiger partial charge in [-0.2, -0.15) is 0 Å². The van der Waals surface area contributed by atoms with E-state index in [0.29, 0.717) is 0 Å². The first-order valence-corrected chi connectivity index (χ1v) is 3.85. The van der Waals surface area contributed by atoms with Gasteiger partial charge in [-0.1, -0.05) is 38.7 Å². The van der Waals surface area contributed by atoms with Gasteiger partial charge in [0.05, 0.1) is 0 Å². The van der Waals surface area contributed by atoms with Crippen molar-refractivity contribution in [3.8, 4) is 0 Å². The minimum atomic E-state index is 1.04. The molecule has 58 valence electrons. The van der Waals surface area contributed by atoms with E-state index in [1.165, 1.54) is 0 Å². The highest BCUT2D eigenvalue weighted by molar-refractivity contribution is 4.98. The van der Waals surface area contributed by atoms with E-state index in [2.05, 4.69) is 31.4 Å². The summed E-state index contributed by atoms with van der Waals surface area (Å²) in [6.45, 7) is 11.2. The van der Waals surface area contributed by atoms with Gasteiger partial charge in [0.15, 0.2) is 0 Å². The maximum absolute atomic E-state index is 3.60. The highest BCUT2D eigenvalue weighted by Crippen LogP contribution is 1.86. The molecule has 0 radical (unpaired) electrons. The number of rotatable bonds is 5. The van der Waals surface area contributed by atoms with Crippen molar-refractivity contribution in [1.29, 1.82) is 0 Å². The zero-order valence-electron chi connectivity index (χ0n) is 7.01. The molecule has 0 N–H and O–H groups in total. The van der Waals surface area contributed by atoms with Crippen LogP contribution < -0.4 is 0 Å². The molecule has 10 heavy (non-hydrogen) atoms. The Labute approximate surface area is 64.0 Å². The molecule has 0 aromatic carbocycles. The van der Waals surface area contributed by atoms with Crippen LogP contribution >= 0.6 is 0 Å². The molecular weight excluding hydrogens is 122 g/mol. The maximum Gasteiger partial charge on any atom is 0.0166 e. The predicted octanol–water partition coefficient (Wildman–Crippen LogP) is 2.07. The van der Waals surface area contributed by atoms with Crippen molar-refractivity contribution in [1.82, 2.24) is 4.90 Å². The zero-order valence-corrected chi connectivity index (χ0v) is 7.01. The third-order valence-corrected chi connectivity index (χ3v) is 1.53. The van der Waals surface area contributed by atoms with Gasteiger partial charge in [-0.15, -0.1) is 0 Å². The molecule has 0 bridgehead atoms. The van der Waals surface area contributed by atoms with Crippen LogP contribution in [-0.2, 0) is 0 Å². The summed E-state index contributed by atoms with van der Waals surface area (Å²) in [5, 5.41) is 0. The standard InChI is InChI=1S/C9H17N/c1-4-7-8-9-10(5-2)6-3/h4,7-8H,1,5-6,9H2,2-3H3/b8-7+. The van der Waals surface area contributed by atoms with Crippen LogP contribution in [0.25, 0.3) is 0 Å². The van der Waals surface area contributed by atoms with Crippen LogP contribution in [0.15, 0.2) is 24.8 Å². The Morgan fingerprint density at radius 1 is 1.30 bits per heavy atom. The largest absolute Gasteiger partial charge is 0.300 e. The molecule has 0 aromatic rings. The lowest BCUT2D eigenvalue weighted by molar-refractivity contribution is 0.337. The quantitative estimate of drug-likeness (QED) is 0.527. The van der Waals surface area contributed by atoms with Gasteiger partial charge in [0.2, 0.25) is 0 Å². The van der Waals surface area contributed by atoms with Crippen molar-refractivity contribution in [2.45, 2.75) is 13.8 Å². The summed E-state index contributed by atoms with van der Waals surface area (Å²) in [4.78, 5) is 2.35. The summed E-state index contributed by atoms with van der Waals surface area (Å²) in [6.07, 6.45) is 5.92. The first-order chi connectivity index (χ1) is 4.85. The molecule has 0 saturated carbocycles. The van der Waals surface area contributed by atoms with E-state index in [1.807, 2.05) is 12.2 Å². The second kappa shape index (κ2) is 6.56. The van der Waals surface area contributed by atoms with Crippen LogP contribution in [0.2, 0.25) is 0 Å². The Hall–Kier alpha value is -0.560. The number of allylic oxidation sites excluding steroid dienone is 2. The zero-order chi connectivity index (χ0) is 7.82. The van der Waals surface area contributed by atoms with Crippen molar-refractivity contribution in [3.63, 3.8) is 0 Å². The molecule has 0 aliphatic heterocycles. The molecule has 0 aromatic heterocycles. The van der Waals surface area contributed by atoms with Crippen LogP contribution in [0.1, 0.15) is 13.8 Å². The normalized spacial score (nSPS) is 11.1. The van der Waals surface area contributed by atoms with E-state index in [-0.39, 0.29) is 0 Å². The van der Waals surface area contributed by atoms with Gasteiger partial charge < -0.3 is 4.90 Å². The lowest BCUT2D eigenvalue weighted by Gasteiger charge is -2.14. The Balaban J connectivity index is 3.43. The lowest BCUT2D eigenvalue weighted by atomic mass is 10.4. The summed E-state index contributed by atoms with van der Waals surface area (Å²) in [5.74, 6) is 0. The van der Waals surface area contributed by atoms with Gasteiger partial charge in [0.25, 0.3) is 0 Å². The molecule has 0 rings (SSSR count). The average Bonchev–Trinajstić information content (AvgIpc) is 1.99. The molecule has 0 atom stereocenters. The number of nitrogens with zero attached hydrogens (tertiary/aromatic N) is 1. The molecule has 0 unspecified atom stereocenters. The van der Waals surface area contributed by atoms with Gasteiger partial charge in [0, 0.05) is 6.54 Å². The highest BCUT2D eigenvalue weighted by atomic mass is 15.1.